The molecule has 2 rings (SSSR count). The molecule has 3 nitrogen and oxygen atoms in total. The molecular weight excluding hydrogens is 286 g/mol. The summed E-state index contributed by atoms with van der Waals surface area (Å²) < 4.78 is 0. The minimum absolute atomic E-state index is 0.0703. The molecule has 2 aromatic carbocycles. The van der Waals surface area contributed by atoms with E-state index < -0.39 is 6.10 Å². The van der Waals surface area contributed by atoms with Crippen molar-refractivity contribution in [1.82, 2.24) is 5.32 Å². The van der Waals surface area contributed by atoms with Gasteiger partial charge < -0.3 is 10.4 Å². The summed E-state index contributed by atoms with van der Waals surface area (Å²) in [4.78, 5) is 12.1. The molecule has 0 fully saturated rings. The van der Waals surface area contributed by atoms with Gasteiger partial charge in [0.05, 0.1) is 6.10 Å². The van der Waals surface area contributed by atoms with Crippen molar-refractivity contribution in [2.75, 3.05) is 6.54 Å². The minimum Gasteiger partial charge on any atom is -0.391 e. The van der Waals surface area contributed by atoms with Gasteiger partial charge in [-0.2, -0.15) is 0 Å². The van der Waals surface area contributed by atoms with Crippen LogP contribution in [0, 0.1) is 0 Å². The zero-order valence-electron chi connectivity index (χ0n) is 14.0. The van der Waals surface area contributed by atoms with E-state index in [1.54, 1.807) is 0 Å². The van der Waals surface area contributed by atoms with Gasteiger partial charge in [0.2, 0.25) is 0 Å². The first-order valence-electron chi connectivity index (χ1n) is 7.97. The van der Waals surface area contributed by atoms with E-state index in [0.29, 0.717) is 12.0 Å². The number of carbonyl (C=O) groups is 1. The highest BCUT2D eigenvalue weighted by Crippen LogP contribution is 2.22. The van der Waals surface area contributed by atoms with Gasteiger partial charge in [0.25, 0.3) is 5.91 Å². The molecule has 122 valence electrons. The van der Waals surface area contributed by atoms with Crippen molar-refractivity contribution in [2.45, 2.75) is 38.7 Å². The van der Waals surface area contributed by atoms with Crippen molar-refractivity contribution < 1.29 is 9.90 Å². The molecule has 0 aliphatic heterocycles. The summed E-state index contributed by atoms with van der Waals surface area (Å²) in [6, 6.07) is 17.4. The van der Waals surface area contributed by atoms with E-state index in [9.17, 15) is 9.90 Å². The lowest BCUT2D eigenvalue weighted by molar-refractivity contribution is 0.0916. The van der Waals surface area contributed by atoms with Crippen LogP contribution in [-0.4, -0.2) is 23.7 Å². The summed E-state index contributed by atoms with van der Waals surface area (Å²) in [5, 5.41) is 12.8. The van der Waals surface area contributed by atoms with Crippen LogP contribution in [0.3, 0.4) is 0 Å². The Kier molecular flexibility index (Phi) is 5.56. The van der Waals surface area contributed by atoms with Gasteiger partial charge in [-0.25, -0.2) is 0 Å². The topological polar surface area (TPSA) is 49.3 Å². The summed E-state index contributed by atoms with van der Waals surface area (Å²) >= 11 is 0. The Morgan fingerprint density at radius 1 is 1.04 bits per heavy atom. The fourth-order valence-corrected chi connectivity index (χ4v) is 2.39. The summed E-state index contributed by atoms with van der Waals surface area (Å²) in [5.41, 5.74) is 2.94. The van der Waals surface area contributed by atoms with Gasteiger partial charge in [0, 0.05) is 18.5 Å². The van der Waals surface area contributed by atoms with Gasteiger partial charge >= 0.3 is 0 Å². The number of aliphatic hydroxyl groups is 1. The molecule has 0 saturated heterocycles. The second-order valence-electron chi connectivity index (χ2n) is 6.88. The van der Waals surface area contributed by atoms with Gasteiger partial charge in [-0.05, 0) is 28.7 Å². The van der Waals surface area contributed by atoms with Crippen LogP contribution in [0.4, 0.5) is 0 Å². The molecule has 1 amide bonds. The number of nitrogens with one attached hydrogen (secondary N) is 1. The minimum atomic E-state index is -0.588. The molecule has 0 aliphatic rings. The molecule has 0 aliphatic carbocycles. The summed E-state index contributed by atoms with van der Waals surface area (Å²) in [7, 11) is 0. The number of aliphatic hydroxyl groups excluding tert-OH is 1. The van der Waals surface area contributed by atoms with Crippen molar-refractivity contribution in [3.8, 4) is 0 Å². The maximum Gasteiger partial charge on any atom is 0.251 e. The van der Waals surface area contributed by atoms with Crippen LogP contribution in [0.2, 0.25) is 0 Å². The molecular formula is C20H25NO2. The highest BCUT2D eigenvalue weighted by Gasteiger charge is 2.14. The largest absolute Gasteiger partial charge is 0.391 e. The van der Waals surface area contributed by atoms with Crippen LogP contribution in [0.25, 0.3) is 0 Å². The predicted octanol–water partition coefficient (Wildman–Crippen LogP) is 3.32. The van der Waals surface area contributed by atoms with E-state index in [1.807, 2.05) is 54.6 Å². The third-order valence-electron chi connectivity index (χ3n) is 3.83. The molecule has 1 atom stereocenters. The van der Waals surface area contributed by atoms with Gasteiger partial charge in [-0.15, -0.1) is 0 Å². The Bertz CT molecular complexity index is 627. The molecule has 0 bridgehead atoms. The fourth-order valence-electron chi connectivity index (χ4n) is 2.39. The van der Waals surface area contributed by atoms with Gasteiger partial charge in [-0.1, -0.05) is 63.2 Å². The number of hydrogen-bond donors (Lipinski definition) is 2. The molecule has 2 aromatic rings. The summed E-state index contributed by atoms with van der Waals surface area (Å²) in [6.45, 7) is 6.67. The third-order valence-corrected chi connectivity index (χ3v) is 3.83. The SMILES string of the molecule is CC(C)(C)c1ccc(C(=O)NCC(O)Cc2ccccc2)cc1. The summed E-state index contributed by atoms with van der Waals surface area (Å²) in [6.07, 6.45) is -0.0560. The maximum absolute atomic E-state index is 12.1. The lowest BCUT2D eigenvalue weighted by atomic mass is 9.87. The number of carbonyl (C=O) groups excluding carboxylic acids is 1. The number of hydrogen-bond acceptors (Lipinski definition) is 2. The Labute approximate surface area is 138 Å². The predicted molar refractivity (Wildman–Crippen MR) is 93.6 cm³/mol. The Morgan fingerprint density at radius 3 is 2.22 bits per heavy atom. The van der Waals surface area contributed by atoms with E-state index in [-0.39, 0.29) is 17.9 Å². The zero-order chi connectivity index (χ0) is 16.9. The van der Waals surface area contributed by atoms with Crippen LogP contribution in [-0.2, 0) is 11.8 Å². The normalized spacial score (nSPS) is 12.7. The molecule has 1 unspecified atom stereocenters. The fraction of sp³-hybridized carbons (Fsp3) is 0.350. The van der Waals surface area contributed by atoms with Crippen molar-refractivity contribution in [1.29, 1.82) is 0 Å². The first-order chi connectivity index (χ1) is 10.9. The van der Waals surface area contributed by atoms with Crippen LogP contribution >= 0.6 is 0 Å². The second-order valence-corrected chi connectivity index (χ2v) is 6.88. The van der Waals surface area contributed by atoms with Gasteiger partial charge in [0.1, 0.15) is 0 Å². The van der Waals surface area contributed by atoms with Crippen molar-refractivity contribution in [3.05, 3.63) is 71.3 Å². The lowest BCUT2D eigenvalue weighted by Crippen LogP contribution is -2.33. The Morgan fingerprint density at radius 2 is 1.65 bits per heavy atom. The van der Waals surface area contributed by atoms with E-state index in [2.05, 4.69) is 26.1 Å². The van der Waals surface area contributed by atoms with E-state index in [1.165, 1.54) is 5.56 Å². The van der Waals surface area contributed by atoms with E-state index >= 15 is 0 Å². The number of amides is 1. The molecule has 0 spiro atoms. The smallest absolute Gasteiger partial charge is 0.251 e. The third kappa shape index (κ3) is 5.22. The Hall–Kier alpha value is -2.13. The van der Waals surface area contributed by atoms with E-state index in [0.717, 1.165) is 5.56 Å². The van der Waals surface area contributed by atoms with Crippen molar-refractivity contribution in [2.24, 2.45) is 0 Å². The first-order valence-corrected chi connectivity index (χ1v) is 7.97. The molecule has 3 heteroatoms. The van der Waals surface area contributed by atoms with Crippen LogP contribution in [0.5, 0.6) is 0 Å². The second kappa shape index (κ2) is 7.42. The first kappa shape index (κ1) is 17.2. The van der Waals surface area contributed by atoms with Crippen LogP contribution in [0.15, 0.2) is 54.6 Å². The highest BCUT2D eigenvalue weighted by molar-refractivity contribution is 5.94. The van der Waals surface area contributed by atoms with Crippen LogP contribution < -0.4 is 5.32 Å². The standard InChI is InChI=1S/C20H25NO2/c1-20(2,3)17-11-9-16(10-12-17)19(23)21-14-18(22)13-15-7-5-4-6-8-15/h4-12,18,22H,13-14H2,1-3H3,(H,21,23). The molecule has 0 radical (unpaired) electrons. The average Bonchev–Trinajstić information content (AvgIpc) is 2.53. The monoisotopic (exact) mass is 311 g/mol. The zero-order valence-corrected chi connectivity index (χ0v) is 14.0. The lowest BCUT2D eigenvalue weighted by Gasteiger charge is -2.19. The quantitative estimate of drug-likeness (QED) is 0.890. The molecule has 0 heterocycles. The van der Waals surface area contributed by atoms with Crippen molar-refractivity contribution in [3.63, 3.8) is 0 Å². The summed E-state index contributed by atoms with van der Waals surface area (Å²) in [5.74, 6) is -0.155. The highest BCUT2D eigenvalue weighted by atomic mass is 16.3. The van der Waals surface area contributed by atoms with E-state index in [4.69, 9.17) is 0 Å². The van der Waals surface area contributed by atoms with Gasteiger partial charge in [-0.3, -0.25) is 4.79 Å². The van der Waals surface area contributed by atoms with Crippen LogP contribution in [0.1, 0.15) is 42.3 Å². The molecule has 0 aromatic heterocycles. The van der Waals surface area contributed by atoms with Gasteiger partial charge in [0.15, 0.2) is 0 Å². The number of rotatable bonds is 5. The number of benzene rings is 2. The average molecular weight is 311 g/mol. The molecule has 2 N–H and O–H groups in total. The molecule has 0 saturated carbocycles. The Balaban J connectivity index is 1.87. The maximum atomic E-state index is 12.1. The molecule has 23 heavy (non-hydrogen) atoms. The van der Waals surface area contributed by atoms with Crippen molar-refractivity contribution >= 4 is 5.91 Å².